The summed E-state index contributed by atoms with van der Waals surface area (Å²) in [5, 5.41) is 7.65. The van der Waals surface area contributed by atoms with Gasteiger partial charge in [-0.1, -0.05) is 18.2 Å². The lowest BCUT2D eigenvalue weighted by molar-refractivity contribution is -0.142. The first-order valence-corrected chi connectivity index (χ1v) is 6.76. The summed E-state index contributed by atoms with van der Waals surface area (Å²) in [5.74, 6) is -0.171. The number of hydrogen-bond acceptors (Lipinski definition) is 4. The second kappa shape index (κ2) is 7.45. The molecule has 1 aromatic heterocycles. The number of nitrogens with one attached hydrogen (secondary N) is 1. The van der Waals surface area contributed by atoms with E-state index in [9.17, 15) is 4.79 Å². The lowest BCUT2D eigenvalue weighted by Gasteiger charge is -2.03. The summed E-state index contributed by atoms with van der Waals surface area (Å²) in [6.07, 6.45) is 2.31. The largest absolute Gasteiger partial charge is 0.466 e. The second-order valence-electron chi connectivity index (χ2n) is 4.32. The fraction of sp³-hybridized carbons (Fsp3) is 0.333. The fourth-order valence-electron chi connectivity index (χ4n) is 1.82. The molecule has 2 rings (SSSR count). The van der Waals surface area contributed by atoms with Crippen molar-refractivity contribution in [2.24, 2.45) is 0 Å². The Hall–Kier alpha value is -2.14. The lowest BCUT2D eigenvalue weighted by atomic mass is 10.3. The predicted molar refractivity (Wildman–Crippen MR) is 76.5 cm³/mol. The summed E-state index contributed by atoms with van der Waals surface area (Å²) in [6, 6.07) is 11.9. The van der Waals surface area contributed by atoms with Crippen LogP contribution in [0.25, 0.3) is 5.69 Å². The van der Waals surface area contributed by atoms with Gasteiger partial charge in [0, 0.05) is 19.3 Å². The van der Waals surface area contributed by atoms with Crippen molar-refractivity contribution in [1.82, 2.24) is 15.1 Å². The highest BCUT2D eigenvalue weighted by Gasteiger charge is 2.03. The maximum Gasteiger partial charge on any atom is 0.307 e. The Morgan fingerprint density at radius 2 is 2.10 bits per heavy atom. The molecule has 5 heteroatoms. The standard InChI is InChI=1S/C15H19N3O2/c1-2-20-15(19)8-10-16-12-13-9-11-18(17-13)14-6-4-3-5-7-14/h3-7,9,11,16H,2,8,10,12H2,1H3. The van der Waals surface area contributed by atoms with Crippen molar-refractivity contribution in [1.29, 1.82) is 0 Å². The Labute approximate surface area is 118 Å². The van der Waals surface area contributed by atoms with Crippen molar-refractivity contribution in [3.8, 4) is 5.69 Å². The molecule has 0 unspecified atom stereocenters. The van der Waals surface area contributed by atoms with Gasteiger partial charge in [0.15, 0.2) is 0 Å². The third-order valence-corrected chi connectivity index (χ3v) is 2.78. The van der Waals surface area contributed by atoms with Crippen LogP contribution in [-0.2, 0) is 16.1 Å². The summed E-state index contributed by atoms with van der Waals surface area (Å²) >= 11 is 0. The molecule has 0 aliphatic rings. The Balaban J connectivity index is 1.78. The number of nitrogens with zero attached hydrogens (tertiary/aromatic N) is 2. The molecule has 0 atom stereocenters. The first kappa shape index (κ1) is 14.3. The van der Waals surface area contributed by atoms with Crippen molar-refractivity contribution in [2.45, 2.75) is 19.9 Å². The van der Waals surface area contributed by atoms with E-state index in [2.05, 4.69) is 10.4 Å². The van der Waals surface area contributed by atoms with Crippen LogP contribution in [0.15, 0.2) is 42.6 Å². The molecule has 0 aliphatic heterocycles. The molecule has 0 radical (unpaired) electrons. The Kier molecular flexibility index (Phi) is 5.32. The smallest absolute Gasteiger partial charge is 0.307 e. The molecule has 2 aromatic rings. The van der Waals surface area contributed by atoms with Crippen LogP contribution in [0.5, 0.6) is 0 Å². The number of rotatable bonds is 7. The van der Waals surface area contributed by atoms with Crippen LogP contribution in [-0.4, -0.2) is 28.9 Å². The van der Waals surface area contributed by atoms with E-state index in [1.54, 1.807) is 0 Å². The molecule has 1 N–H and O–H groups in total. The zero-order valence-corrected chi connectivity index (χ0v) is 11.6. The molecule has 0 fully saturated rings. The zero-order chi connectivity index (χ0) is 14.2. The zero-order valence-electron chi connectivity index (χ0n) is 11.6. The number of carbonyl (C=O) groups is 1. The molecule has 0 saturated carbocycles. The van der Waals surface area contributed by atoms with Gasteiger partial charge in [0.2, 0.25) is 0 Å². The van der Waals surface area contributed by atoms with Crippen molar-refractivity contribution in [3.63, 3.8) is 0 Å². The molecule has 0 aliphatic carbocycles. The third kappa shape index (κ3) is 4.20. The molecule has 20 heavy (non-hydrogen) atoms. The highest BCUT2D eigenvalue weighted by molar-refractivity contribution is 5.69. The molecule has 0 bridgehead atoms. The minimum Gasteiger partial charge on any atom is -0.466 e. The Morgan fingerprint density at radius 3 is 2.85 bits per heavy atom. The van der Waals surface area contributed by atoms with Gasteiger partial charge in [-0.3, -0.25) is 4.79 Å². The molecule has 5 nitrogen and oxygen atoms in total. The highest BCUT2D eigenvalue weighted by atomic mass is 16.5. The van der Waals surface area contributed by atoms with Crippen LogP contribution in [0.1, 0.15) is 19.0 Å². The number of esters is 1. The van der Waals surface area contributed by atoms with Crippen LogP contribution in [0.4, 0.5) is 0 Å². The van der Waals surface area contributed by atoms with E-state index in [0.29, 0.717) is 26.1 Å². The van der Waals surface area contributed by atoms with Gasteiger partial charge in [0.05, 0.1) is 24.4 Å². The average molecular weight is 273 g/mol. The van der Waals surface area contributed by atoms with Gasteiger partial charge in [0.1, 0.15) is 0 Å². The minimum absolute atomic E-state index is 0.171. The van der Waals surface area contributed by atoms with Crippen molar-refractivity contribution in [3.05, 3.63) is 48.3 Å². The molecular weight excluding hydrogens is 254 g/mol. The maximum atomic E-state index is 11.2. The topological polar surface area (TPSA) is 56.1 Å². The Morgan fingerprint density at radius 1 is 1.30 bits per heavy atom. The van der Waals surface area contributed by atoms with E-state index in [1.165, 1.54) is 0 Å². The van der Waals surface area contributed by atoms with E-state index in [0.717, 1.165) is 11.4 Å². The normalized spacial score (nSPS) is 10.4. The predicted octanol–water partition coefficient (Wildman–Crippen LogP) is 1.92. The van der Waals surface area contributed by atoms with Gasteiger partial charge in [-0.05, 0) is 25.1 Å². The average Bonchev–Trinajstić information content (AvgIpc) is 2.94. The SMILES string of the molecule is CCOC(=O)CCNCc1ccn(-c2ccccc2)n1. The fourth-order valence-corrected chi connectivity index (χ4v) is 1.82. The number of para-hydroxylation sites is 1. The van der Waals surface area contributed by atoms with E-state index in [1.807, 2.05) is 54.2 Å². The number of benzene rings is 1. The summed E-state index contributed by atoms with van der Waals surface area (Å²) in [5.41, 5.74) is 1.97. The molecule has 1 aromatic carbocycles. The molecule has 0 amide bonds. The molecule has 1 heterocycles. The third-order valence-electron chi connectivity index (χ3n) is 2.78. The minimum atomic E-state index is -0.171. The summed E-state index contributed by atoms with van der Waals surface area (Å²) in [7, 11) is 0. The van der Waals surface area contributed by atoms with Crippen LogP contribution in [0, 0.1) is 0 Å². The quantitative estimate of drug-likeness (QED) is 0.618. The van der Waals surface area contributed by atoms with Gasteiger partial charge in [-0.25, -0.2) is 4.68 Å². The molecule has 0 saturated heterocycles. The summed E-state index contributed by atoms with van der Waals surface area (Å²) in [6.45, 7) is 3.47. The van der Waals surface area contributed by atoms with Crippen molar-refractivity contribution < 1.29 is 9.53 Å². The number of ether oxygens (including phenoxy) is 1. The van der Waals surface area contributed by atoms with E-state index >= 15 is 0 Å². The van der Waals surface area contributed by atoms with Gasteiger partial charge in [-0.2, -0.15) is 5.10 Å². The number of aromatic nitrogens is 2. The van der Waals surface area contributed by atoms with E-state index in [4.69, 9.17) is 4.74 Å². The highest BCUT2D eigenvalue weighted by Crippen LogP contribution is 2.06. The van der Waals surface area contributed by atoms with Gasteiger partial charge < -0.3 is 10.1 Å². The van der Waals surface area contributed by atoms with Crippen LogP contribution < -0.4 is 5.32 Å². The Bertz CT molecular complexity index is 537. The lowest BCUT2D eigenvalue weighted by Crippen LogP contribution is -2.19. The van der Waals surface area contributed by atoms with Gasteiger partial charge in [0.25, 0.3) is 0 Å². The van der Waals surface area contributed by atoms with Gasteiger partial charge in [-0.15, -0.1) is 0 Å². The maximum absolute atomic E-state index is 11.2. The van der Waals surface area contributed by atoms with Crippen molar-refractivity contribution in [2.75, 3.05) is 13.2 Å². The van der Waals surface area contributed by atoms with E-state index < -0.39 is 0 Å². The van der Waals surface area contributed by atoms with Crippen LogP contribution in [0.2, 0.25) is 0 Å². The second-order valence-corrected chi connectivity index (χ2v) is 4.32. The van der Waals surface area contributed by atoms with Gasteiger partial charge >= 0.3 is 5.97 Å². The number of hydrogen-bond donors (Lipinski definition) is 1. The first-order valence-electron chi connectivity index (χ1n) is 6.76. The molecular formula is C15H19N3O2. The molecule has 106 valence electrons. The van der Waals surface area contributed by atoms with Crippen molar-refractivity contribution >= 4 is 5.97 Å². The van der Waals surface area contributed by atoms with E-state index in [-0.39, 0.29) is 5.97 Å². The summed E-state index contributed by atoms with van der Waals surface area (Å²) in [4.78, 5) is 11.2. The first-order chi connectivity index (χ1) is 9.79. The monoisotopic (exact) mass is 273 g/mol. The molecule has 0 spiro atoms. The number of carbonyl (C=O) groups excluding carboxylic acids is 1. The summed E-state index contributed by atoms with van der Waals surface area (Å²) < 4.78 is 6.69. The van der Waals surface area contributed by atoms with Crippen LogP contribution >= 0.6 is 0 Å². The van der Waals surface area contributed by atoms with Crippen LogP contribution in [0.3, 0.4) is 0 Å².